The highest BCUT2D eigenvalue weighted by Crippen LogP contribution is 2.26. The molecule has 0 aliphatic carbocycles. The Balaban J connectivity index is 3.70. The van der Waals surface area contributed by atoms with Gasteiger partial charge in [-0.25, -0.2) is 0 Å². The second-order valence-electron chi connectivity index (χ2n) is 12.6. The van der Waals surface area contributed by atoms with E-state index in [0.717, 1.165) is 31.6 Å². The third-order valence-corrected chi connectivity index (χ3v) is 8.63. The molecule has 0 amide bonds. The fourth-order valence-corrected chi connectivity index (χ4v) is 5.80. The van der Waals surface area contributed by atoms with Crippen molar-refractivity contribution in [1.29, 1.82) is 0 Å². The molecule has 234 valence electrons. The summed E-state index contributed by atoms with van der Waals surface area (Å²) in [5.74, 6) is 1.64. The van der Waals surface area contributed by atoms with Crippen LogP contribution in [0.1, 0.15) is 207 Å². The lowest BCUT2D eigenvalue weighted by atomic mass is 9.93. The van der Waals surface area contributed by atoms with Crippen molar-refractivity contribution in [3.8, 4) is 0 Å². The molecule has 0 aliphatic heterocycles. The number of unbranched alkanes of at least 4 members (excludes halogenated alkanes) is 21. The van der Waals surface area contributed by atoms with Crippen LogP contribution in [0.3, 0.4) is 0 Å². The van der Waals surface area contributed by atoms with E-state index >= 15 is 0 Å². The summed E-state index contributed by atoms with van der Waals surface area (Å²) < 4.78 is 6.18. The predicted molar refractivity (Wildman–Crippen MR) is 176 cm³/mol. The maximum absolute atomic E-state index is 10.2. The summed E-state index contributed by atoms with van der Waals surface area (Å²) in [4.78, 5) is 0. The predicted octanol–water partition coefficient (Wildman–Crippen LogP) is 12.9. The van der Waals surface area contributed by atoms with Crippen molar-refractivity contribution in [2.75, 3.05) is 6.61 Å². The Hall–Kier alpha value is -0.500. The molecule has 0 heterocycles. The highest BCUT2D eigenvalue weighted by molar-refractivity contribution is 4.91. The van der Waals surface area contributed by atoms with Crippen molar-refractivity contribution in [2.24, 2.45) is 5.92 Å². The van der Waals surface area contributed by atoms with E-state index in [1.807, 2.05) is 0 Å². The van der Waals surface area contributed by atoms with Crippen LogP contribution in [0.4, 0.5) is 0 Å². The minimum Gasteiger partial charge on any atom is -0.498 e. The van der Waals surface area contributed by atoms with E-state index in [4.69, 9.17) is 4.74 Å². The summed E-state index contributed by atoms with van der Waals surface area (Å²) in [7, 11) is 0. The topological polar surface area (TPSA) is 29.5 Å². The van der Waals surface area contributed by atoms with Gasteiger partial charge in [0.2, 0.25) is 0 Å². The van der Waals surface area contributed by atoms with Gasteiger partial charge in [-0.15, -0.1) is 0 Å². The van der Waals surface area contributed by atoms with Gasteiger partial charge in [-0.1, -0.05) is 181 Å². The molecule has 0 radical (unpaired) electrons. The molecule has 0 aromatic rings. The molecule has 0 rings (SSSR count). The molecule has 0 spiro atoms. The number of allylic oxidation sites excluding steroid dienone is 1. The van der Waals surface area contributed by atoms with Gasteiger partial charge in [-0.05, 0) is 32.1 Å². The molecule has 2 unspecified atom stereocenters. The summed E-state index contributed by atoms with van der Waals surface area (Å²) >= 11 is 0. The van der Waals surface area contributed by atoms with E-state index in [0.29, 0.717) is 5.92 Å². The third-order valence-electron chi connectivity index (χ3n) is 8.63. The smallest absolute Gasteiger partial charge is 0.0918 e. The van der Waals surface area contributed by atoms with Crippen molar-refractivity contribution in [3.63, 3.8) is 0 Å². The molecular weight excluding hydrogens is 476 g/mol. The lowest BCUT2D eigenvalue weighted by Gasteiger charge is -2.20. The summed E-state index contributed by atoms with van der Waals surface area (Å²) in [6.07, 6.45) is 37.7. The number of aliphatic hydroxyl groups is 1. The van der Waals surface area contributed by atoms with Crippen LogP contribution >= 0.6 is 0 Å². The molecule has 0 aromatic carbocycles. The summed E-state index contributed by atoms with van der Waals surface area (Å²) in [6, 6.07) is 0. The number of hydrogen-bond donors (Lipinski definition) is 1. The Labute approximate surface area is 247 Å². The number of hydrogen-bond acceptors (Lipinski definition) is 2. The van der Waals surface area contributed by atoms with Gasteiger partial charge in [-0.2, -0.15) is 0 Å². The van der Waals surface area contributed by atoms with Crippen LogP contribution in [0.5, 0.6) is 0 Å². The van der Waals surface area contributed by atoms with Crippen LogP contribution in [0.2, 0.25) is 0 Å². The van der Waals surface area contributed by atoms with Crippen molar-refractivity contribution < 1.29 is 9.84 Å². The van der Waals surface area contributed by atoms with Crippen LogP contribution in [-0.4, -0.2) is 17.8 Å². The molecule has 2 atom stereocenters. The van der Waals surface area contributed by atoms with Gasteiger partial charge in [0.1, 0.15) is 0 Å². The Morgan fingerprint density at radius 3 is 1.18 bits per heavy atom. The van der Waals surface area contributed by atoms with E-state index in [1.54, 1.807) is 0 Å². The molecule has 0 aliphatic rings. The van der Waals surface area contributed by atoms with Gasteiger partial charge in [0, 0.05) is 5.92 Å². The van der Waals surface area contributed by atoms with Crippen molar-refractivity contribution in [1.82, 2.24) is 0 Å². The monoisotopic (exact) mass is 551 g/mol. The van der Waals surface area contributed by atoms with E-state index in [9.17, 15) is 5.11 Å². The van der Waals surface area contributed by atoms with Gasteiger partial charge < -0.3 is 9.84 Å². The third kappa shape index (κ3) is 28.8. The minimum absolute atomic E-state index is 0.0631. The number of ether oxygens (including phenoxy) is 1. The van der Waals surface area contributed by atoms with Crippen LogP contribution < -0.4 is 0 Å². The Morgan fingerprint density at radius 1 is 0.462 bits per heavy atom. The molecule has 2 heteroatoms. The zero-order valence-corrected chi connectivity index (χ0v) is 27.4. The highest BCUT2D eigenvalue weighted by atomic mass is 16.5. The average Bonchev–Trinajstić information content (AvgIpc) is 2.94. The van der Waals surface area contributed by atoms with Crippen molar-refractivity contribution >= 4 is 0 Å². The van der Waals surface area contributed by atoms with Crippen LogP contribution in [-0.2, 0) is 4.74 Å². The SMILES string of the molecule is C=C(OCCCCCCCCCC(O)CCCCCCCCCC)C(CCCCCC)CCCCCCCC. The van der Waals surface area contributed by atoms with Crippen molar-refractivity contribution in [2.45, 2.75) is 213 Å². The lowest BCUT2D eigenvalue weighted by Crippen LogP contribution is -2.08. The fraction of sp³-hybridized carbons (Fsp3) is 0.946. The Morgan fingerprint density at radius 2 is 0.769 bits per heavy atom. The second kappa shape index (κ2) is 32.0. The first-order valence-corrected chi connectivity index (χ1v) is 18.1. The molecule has 0 aromatic heterocycles. The Bertz CT molecular complexity index is 474. The molecule has 2 nitrogen and oxygen atoms in total. The summed E-state index contributed by atoms with van der Waals surface area (Å²) in [5.41, 5.74) is 0. The quantitative estimate of drug-likeness (QED) is 0.0650. The zero-order valence-electron chi connectivity index (χ0n) is 27.4. The molecule has 39 heavy (non-hydrogen) atoms. The molecule has 0 saturated carbocycles. The van der Waals surface area contributed by atoms with Crippen molar-refractivity contribution in [3.05, 3.63) is 12.3 Å². The summed E-state index contributed by atoms with van der Waals surface area (Å²) in [5, 5.41) is 10.2. The van der Waals surface area contributed by atoms with E-state index in [1.165, 1.54) is 167 Å². The maximum Gasteiger partial charge on any atom is 0.0918 e. The molecule has 0 saturated heterocycles. The summed E-state index contributed by atoms with van der Waals surface area (Å²) in [6.45, 7) is 12.1. The normalized spacial score (nSPS) is 13.0. The van der Waals surface area contributed by atoms with Gasteiger partial charge in [0.05, 0.1) is 18.5 Å². The van der Waals surface area contributed by atoms with Crippen LogP contribution in [0.25, 0.3) is 0 Å². The first-order valence-electron chi connectivity index (χ1n) is 18.1. The fourth-order valence-electron chi connectivity index (χ4n) is 5.80. The maximum atomic E-state index is 10.2. The minimum atomic E-state index is -0.0631. The first kappa shape index (κ1) is 38.5. The standard InChI is InChI=1S/C37H74O2/c1-5-8-11-14-16-18-22-27-32-37(38)33-28-23-19-17-20-24-29-34-39-35(4)36(30-25-13-10-7-3)31-26-21-15-12-9-6-2/h36-38H,4-34H2,1-3H3. The van der Waals surface area contributed by atoms with Crippen LogP contribution in [0, 0.1) is 5.92 Å². The van der Waals surface area contributed by atoms with E-state index < -0.39 is 0 Å². The molecule has 1 N–H and O–H groups in total. The van der Waals surface area contributed by atoms with E-state index in [2.05, 4.69) is 27.4 Å². The average molecular weight is 551 g/mol. The first-order chi connectivity index (χ1) is 19.2. The molecular formula is C37H74O2. The largest absolute Gasteiger partial charge is 0.498 e. The number of aliphatic hydroxyl groups excluding tert-OH is 1. The second-order valence-corrected chi connectivity index (χ2v) is 12.6. The highest BCUT2D eigenvalue weighted by Gasteiger charge is 2.14. The van der Waals surface area contributed by atoms with Gasteiger partial charge in [-0.3, -0.25) is 0 Å². The van der Waals surface area contributed by atoms with Gasteiger partial charge in [0.25, 0.3) is 0 Å². The van der Waals surface area contributed by atoms with Crippen LogP contribution in [0.15, 0.2) is 12.3 Å². The Kier molecular flexibility index (Phi) is 31.6. The zero-order chi connectivity index (χ0) is 28.7. The number of rotatable bonds is 33. The lowest BCUT2D eigenvalue weighted by molar-refractivity contribution is 0.147. The van der Waals surface area contributed by atoms with Gasteiger partial charge >= 0.3 is 0 Å². The molecule has 0 fully saturated rings. The van der Waals surface area contributed by atoms with Gasteiger partial charge in [0.15, 0.2) is 0 Å². The van der Waals surface area contributed by atoms with E-state index in [-0.39, 0.29) is 6.10 Å². The molecule has 0 bridgehead atoms.